The van der Waals surface area contributed by atoms with Crippen molar-refractivity contribution in [3.05, 3.63) is 24.0 Å². The molecule has 1 atom stereocenters. The highest BCUT2D eigenvalue weighted by Gasteiger charge is 2.09. The predicted molar refractivity (Wildman–Crippen MR) is 69.4 cm³/mol. The van der Waals surface area contributed by atoms with Gasteiger partial charge in [0, 0.05) is 25.2 Å². The van der Waals surface area contributed by atoms with E-state index in [0.717, 1.165) is 0 Å². The van der Waals surface area contributed by atoms with Crippen LogP contribution in [-0.2, 0) is 20.3 Å². The molecule has 0 spiro atoms. The van der Waals surface area contributed by atoms with Crippen LogP contribution in [0.2, 0.25) is 0 Å². The van der Waals surface area contributed by atoms with Crippen molar-refractivity contribution in [3.8, 4) is 0 Å². The number of methoxy groups -OCH3 is 1. The Balaban J connectivity index is 2.34. The van der Waals surface area contributed by atoms with Gasteiger partial charge in [-0.15, -0.1) is 0 Å². The largest absolute Gasteiger partial charge is 0.398 e. The molecule has 0 heterocycles. The lowest BCUT2D eigenvalue weighted by Crippen LogP contribution is -2.08. The quantitative estimate of drug-likeness (QED) is 0.578. The van der Waals surface area contributed by atoms with E-state index in [9.17, 15) is 8.60 Å². The zero-order valence-electron chi connectivity index (χ0n) is 10.4. The Hall–Kier alpha value is -0.980. The highest BCUT2D eigenvalue weighted by Crippen LogP contribution is 2.18. The van der Waals surface area contributed by atoms with E-state index in [1.165, 1.54) is 18.2 Å². The monoisotopic (exact) mass is 275 g/mol. The maximum Gasteiger partial charge on any atom is 0.124 e. The number of nitrogens with two attached hydrogens (primary N) is 1. The molecule has 0 radical (unpaired) electrons. The van der Waals surface area contributed by atoms with Crippen LogP contribution in [-0.4, -0.2) is 36.9 Å². The van der Waals surface area contributed by atoms with Crippen LogP contribution in [0.15, 0.2) is 23.1 Å². The SMILES string of the molecule is COCCOCCCS(=O)c1cc(F)ccc1N. The number of nitrogen functional groups attached to an aromatic ring is 1. The van der Waals surface area contributed by atoms with E-state index in [1.807, 2.05) is 0 Å². The summed E-state index contributed by atoms with van der Waals surface area (Å²) in [5.41, 5.74) is 6.01. The van der Waals surface area contributed by atoms with Gasteiger partial charge in [0.1, 0.15) is 5.82 Å². The summed E-state index contributed by atoms with van der Waals surface area (Å²) in [6.45, 7) is 1.56. The predicted octanol–water partition coefficient (Wildman–Crippen LogP) is 1.57. The molecule has 1 aromatic carbocycles. The number of halogens is 1. The smallest absolute Gasteiger partial charge is 0.124 e. The summed E-state index contributed by atoms with van der Waals surface area (Å²) >= 11 is 0. The molecule has 1 rings (SSSR count). The van der Waals surface area contributed by atoms with E-state index >= 15 is 0 Å². The van der Waals surface area contributed by atoms with Crippen LogP contribution in [0.3, 0.4) is 0 Å². The number of hydrogen-bond acceptors (Lipinski definition) is 4. The van der Waals surface area contributed by atoms with Gasteiger partial charge in [0.05, 0.1) is 28.9 Å². The van der Waals surface area contributed by atoms with Crippen LogP contribution in [0.25, 0.3) is 0 Å². The van der Waals surface area contributed by atoms with Gasteiger partial charge in [-0.25, -0.2) is 4.39 Å². The van der Waals surface area contributed by atoms with E-state index in [2.05, 4.69) is 0 Å². The zero-order valence-corrected chi connectivity index (χ0v) is 11.2. The minimum Gasteiger partial charge on any atom is -0.398 e. The molecule has 1 aromatic rings. The van der Waals surface area contributed by atoms with E-state index < -0.39 is 16.6 Å². The summed E-state index contributed by atoms with van der Waals surface area (Å²) < 4.78 is 35.0. The van der Waals surface area contributed by atoms with Crippen LogP contribution in [0.5, 0.6) is 0 Å². The van der Waals surface area contributed by atoms with Crippen LogP contribution >= 0.6 is 0 Å². The van der Waals surface area contributed by atoms with Crippen molar-refractivity contribution in [3.63, 3.8) is 0 Å². The fourth-order valence-electron chi connectivity index (χ4n) is 1.35. The minimum atomic E-state index is -1.29. The van der Waals surface area contributed by atoms with Crippen molar-refractivity contribution in [1.82, 2.24) is 0 Å². The van der Waals surface area contributed by atoms with Crippen molar-refractivity contribution >= 4 is 16.5 Å². The second kappa shape index (κ2) is 8.18. The molecule has 0 saturated heterocycles. The summed E-state index contributed by atoms with van der Waals surface area (Å²) in [5, 5.41) is 0. The van der Waals surface area contributed by atoms with Crippen molar-refractivity contribution < 1.29 is 18.1 Å². The Bertz CT molecular complexity index is 401. The van der Waals surface area contributed by atoms with Crippen molar-refractivity contribution in [2.45, 2.75) is 11.3 Å². The lowest BCUT2D eigenvalue weighted by Gasteiger charge is -2.06. The van der Waals surface area contributed by atoms with E-state index in [4.69, 9.17) is 15.2 Å². The maximum absolute atomic E-state index is 13.0. The number of hydrogen-bond donors (Lipinski definition) is 1. The fraction of sp³-hybridized carbons (Fsp3) is 0.500. The van der Waals surface area contributed by atoms with E-state index in [0.29, 0.717) is 42.6 Å². The normalized spacial score (nSPS) is 12.6. The van der Waals surface area contributed by atoms with Gasteiger partial charge in [0.25, 0.3) is 0 Å². The lowest BCUT2D eigenvalue weighted by atomic mass is 10.3. The van der Waals surface area contributed by atoms with Crippen molar-refractivity contribution in [2.24, 2.45) is 0 Å². The number of ether oxygens (including phenoxy) is 2. The van der Waals surface area contributed by atoms with Gasteiger partial charge in [-0.2, -0.15) is 0 Å². The molecular weight excluding hydrogens is 257 g/mol. The first-order chi connectivity index (χ1) is 8.65. The summed E-state index contributed by atoms with van der Waals surface area (Å²) in [7, 11) is 0.314. The molecule has 1 unspecified atom stereocenters. The Morgan fingerprint density at radius 2 is 2.11 bits per heavy atom. The topological polar surface area (TPSA) is 61.5 Å². The average molecular weight is 275 g/mol. The number of rotatable bonds is 8. The third kappa shape index (κ3) is 5.12. The molecule has 0 aliphatic rings. The van der Waals surface area contributed by atoms with Crippen molar-refractivity contribution in [1.29, 1.82) is 0 Å². The molecule has 0 aliphatic carbocycles. The molecule has 18 heavy (non-hydrogen) atoms. The van der Waals surface area contributed by atoms with Gasteiger partial charge >= 0.3 is 0 Å². The molecule has 102 valence electrons. The third-order valence-electron chi connectivity index (χ3n) is 2.27. The van der Waals surface area contributed by atoms with E-state index in [-0.39, 0.29) is 0 Å². The maximum atomic E-state index is 13.0. The number of anilines is 1. The summed E-state index contributed by atoms with van der Waals surface area (Å²) in [6, 6.07) is 3.90. The summed E-state index contributed by atoms with van der Waals surface area (Å²) in [5.74, 6) is -0.0235. The second-order valence-electron chi connectivity index (χ2n) is 3.69. The standard InChI is InChI=1S/C12H18FNO3S/c1-16-6-7-17-5-2-8-18(15)12-9-10(13)3-4-11(12)14/h3-4,9H,2,5-8,14H2,1H3. The second-order valence-corrected chi connectivity index (χ2v) is 5.23. The van der Waals surface area contributed by atoms with Gasteiger partial charge in [0.2, 0.25) is 0 Å². The Morgan fingerprint density at radius 3 is 2.83 bits per heavy atom. The Kier molecular flexibility index (Phi) is 6.85. The first-order valence-corrected chi connectivity index (χ1v) is 6.97. The summed E-state index contributed by atoms with van der Waals surface area (Å²) in [4.78, 5) is 0.354. The molecule has 4 nitrogen and oxygen atoms in total. The van der Waals surface area contributed by atoms with Crippen LogP contribution in [0.4, 0.5) is 10.1 Å². The number of benzene rings is 1. The molecule has 0 amide bonds. The molecule has 0 fully saturated rings. The van der Waals surface area contributed by atoms with Gasteiger partial charge in [0.15, 0.2) is 0 Å². The average Bonchev–Trinajstić information content (AvgIpc) is 2.36. The third-order valence-corrected chi connectivity index (χ3v) is 3.77. The molecule has 0 aliphatic heterocycles. The fourth-order valence-corrected chi connectivity index (χ4v) is 2.53. The first-order valence-electron chi connectivity index (χ1n) is 5.65. The van der Waals surface area contributed by atoms with Gasteiger partial charge in [-0.1, -0.05) is 0 Å². The zero-order chi connectivity index (χ0) is 13.4. The molecule has 6 heteroatoms. The van der Waals surface area contributed by atoms with Crippen molar-refractivity contribution in [2.75, 3.05) is 38.4 Å². The Morgan fingerprint density at radius 1 is 1.33 bits per heavy atom. The molecular formula is C12H18FNO3S. The highest BCUT2D eigenvalue weighted by atomic mass is 32.2. The van der Waals surface area contributed by atoms with Gasteiger partial charge in [-0.05, 0) is 24.6 Å². The highest BCUT2D eigenvalue weighted by molar-refractivity contribution is 7.85. The van der Waals surface area contributed by atoms with Gasteiger partial charge in [-0.3, -0.25) is 4.21 Å². The van der Waals surface area contributed by atoms with Crippen LogP contribution in [0.1, 0.15) is 6.42 Å². The molecule has 0 aromatic heterocycles. The molecule has 0 bridgehead atoms. The molecule has 0 saturated carbocycles. The van der Waals surface area contributed by atoms with Gasteiger partial charge < -0.3 is 15.2 Å². The van der Waals surface area contributed by atoms with Crippen LogP contribution < -0.4 is 5.73 Å². The summed E-state index contributed by atoms with van der Waals surface area (Å²) in [6.07, 6.45) is 0.631. The van der Waals surface area contributed by atoms with E-state index in [1.54, 1.807) is 7.11 Å². The molecule has 2 N–H and O–H groups in total. The minimum absolute atomic E-state index is 0.354. The van der Waals surface area contributed by atoms with Crippen LogP contribution in [0, 0.1) is 5.82 Å². The first kappa shape index (κ1) is 15.1. The lowest BCUT2D eigenvalue weighted by molar-refractivity contribution is 0.0713. The Labute approximate surface area is 109 Å².